The van der Waals surface area contributed by atoms with Crippen molar-refractivity contribution in [1.82, 2.24) is 4.98 Å². The molecule has 0 aliphatic heterocycles. The molecule has 3 aromatic carbocycles. The van der Waals surface area contributed by atoms with E-state index in [1.165, 1.54) is 24.3 Å². The van der Waals surface area contributed by atoms with Gasteiger partial charge in [0.25, 0.3) is 17.7 Å². The summed E-state index contributed by atoms with van der Waals surface area (Å²) in [5, 5.41) is 16.3. The van der Waals surface area contributed by atoms with Gasteiger partial charge in [0.1, 0.15) is 5.75 Å². The molecular weight excluding hydrogens is 524 g/mol. The first kappa shape index (κ1) is 26.7. The minimum Gasteiger partial charge on any atom is -0.710 e. The minimum absolute atomic E-state index is 0.0757. The Balaban J connectivity index is 1.52. The summed E-state index contributed by atoms with van der Waals surface area (Å²) in [5.74, 6) is -3.75. The van der Waals surface area contributed by atoms with Crippen LogP contribution in [-0.2, 0) is 5.92 Å². The highest BCUT2D eigenvalue weighted by Crippen LogP contribution is 2.50. The molecule has 6 nitrogen and oxygen atoms in total. The maximum absolute atomic E-state index is 14.6. The van der Waals surface area contributed by atoms with E-state index in [-0.39, 0.29) is 27.8 Å². The van der Waals surface area contributed by atoms with Gasteiger partial charge < -0.3 is 15.3 Å². The van der Waals surface area contributed by atoms with E-state index in [0.717, 1.165) is 22.3 Å². The number of anilines is 1. The Morgan fingerprint density at radius 1 is 1.08 bits per heavy atom. The fraction of sp³-hybridized carbons (Fsp3) is 0.267. The molecule has 202 valence electrons. The number of hydrogen-bond acceptors (Lipinski definition) is 3. The molecule has 0 saturated heterocycles. The summed E-state index contributed by atoms with van der Waals surface area (Å²) in [5.41, 5.74) is 4.27. The second-order valence-corrected chi connectivity index (χ2v) is 10.4. The number of amides is 1. The predicted octanol–water partition coefficient (Wildman–Crippen LogP) is 7.32. The van der Waals surface area contributed by atoms with E-state index in [9.17, 15) is 18.8 Å². The van der Waals surface area contributed by atoms with Crippen LogP contribution >= 0.6 is 11.6 Å². The van der Waals surface area contributed by atoms with Gasteiger partial charge in [0.05, 0.1) is 17.7 Å². The molecule has 0 radical (unpaired) electrons. The normalized spacial score (nSPS) is 13.4. The zero-order valence-electron chi connectivity index (χ0n) is 22.0. The molecule has 4 aromatic rings. The predicted molar refractivity (Wildman–Crippen MR) is 147 cm³/mol. The molecule has 9 heteroatoms. The number of imidazole rings is 1. The van der Waals surface area contributed by atoms with E-state index in [1.807, 2.05) is 32.0 Å². The van der Waals surface area contributed by atoms with Crippen molar-refractivity contribution in [2.75, 3.05) is 12.4 Å². The van der Waals surface area contributed by atoms with Crippen molar-refractivity contribution in [3.63, 3.8) is 0 Å². The maximum atomic E-state index is 14.6. The first-order valence-corrected chi connectivity index (χ1v) is 13.0. The van der Waals surface area contributed by atoms with Crippen molar-refractivity contribution >= 4 is 23.2 Å². The van der Waals surface area contributed by atoms with Crippen LogP contribution in [-0.4, -0.2) is 18.0 Å². The van der Waals surface area contributed by atoms with Gasteiger partial charge in [-0.2, -0.15) is 0 Å². The lowest BCUT2D eigenvalue weighted by Gasteiger charge is -2.17. The van der Waals surface area contributed by atoms with Crippen molar-refractivity contribution in [3.05, 3.63) is 92.9 Å². The van der Waals surface area contributed by atoms with Crippen LogP contribution in [0.15, 0.2) is 54.6 Å². The molecule has 0 unspecified atom stereocenters. The summed E-state index contributed by atoms with van der Waals surface area (Å²) in [6, 6.07) is 14.9. The quantitative estimate of drug-likeness (QED) is 0.186. The van der Waals surface area contributed by atoms with E-state index in [0.29, 0.717) is 34.6 Å². The number of aromatic amines is 1. The summed E-state index contributed by atoms with van der Waals surface area (Å²) in [4.78, 5) is 16.2. The number of nitrogens with one attached hydrogen (secondary N) is 2. The van der Waals surface area contributed by atoms with E-state index in [2.05, 4.69) is 10.3 Å². The number of carbonyl (C=O) groups is 1. The monoisotopic (exact) mass is 551 g/mol. The number of carbonyl (C=O) groups excluding carboxylic acids is 1. The summed E-state index contributed by atoms with van der Waals surface area (Å²) in [7, 11) is 1.55. The van der Waals surface area contributed by atoms with Crippen LogP contribution in [0.4, 0.5) is 14.5 Å². The van der Waals surface area contributed by atoms with Crippen LogP contribution in [0.5, 0.6) is 5.75 Å². The van der Waals surface area contributed by atoms with Gasteiger partial charge in [-0.1, -0.05) is 41.9 Å². The van der Waals surface area contributed by atoms with Gasteiger partial charge >= 0.3 is 0 Å². The van der Waals surface area contributed by atoms with Gasteiger partial charge in [-0.3, -0.25) is 4.79 Å². The average Bonchev–Trinajstić information content (AvgIpc) is 3.70. The van der Waals surface area contributed by atoms with Crippen molar-refractivity contribution in [3.8, 4) is 28.3 Å². The number of H-pyrrole nitrogens is 1. The topological polar surface area (TPSA) is 81.1 Å². The van der Waals surface area contributed by atoms with Gasteiger partial charge in [-0.15, -0.1) is 0 Å². The van der Waals surface area contributed by atoms with Gasteiger partial charge in [0.15, 0.2) is 5.69 Å². The number of hydrogen-bond donors (Lipinski definition) is 2. The zero-order chi connectivity index (χ0) is 28.1. The Morgan fingerprint density at radius 3 is 2.38 bits per heavy atom. The lowest BCUT2D eigenvalue weighted by atomic mass is 9.93. The number of methoxy groups -OCH3 is 1. The number of benzene rings is 3. The van der Waals surface area contributed by atoms with E-state index < -0.39 is 17.7 Å². The number of aryl methyl sites for hydroxylation is 3. The van der Waals surface area contributed by atoms with Crippen LogP contribution < -0.4 is 14.8 Å². The Morgan fingerprint density at radius 2 is 1.74 bits per heavy atom. The summed E-state index contributed by atoms with van der Waals surface area (Å²) >= 11 is 6.59. The molecule has 1 saturated carbocycles. The van der Waals surface area contributed by atoms with E-state index in [1.54, 1.807) is 26.2 Å². The first-order valence-electron chi connectivity index (χ1n) is 12.6. The third-order valence-corrected chi connectivity index (χ3v) is 7.49. The molecule has 39 heavy (non-hydrogen) atoms. The molecule has 1 aliphatic rings. The third kappa shape index (κ3) is 4.85. The first-order chi connectivity index (χ1) is 18.5. The van der Waals surface area contributed by atoms with Crippen LogP contribution in [0, 0.1) is 31.9 Å². The highest BCUT2D eigenvalue weighted by molar-refractivity contribution is 6.33. The lowest BCUT2D eigenvalue weighted by molar-refractivity contribution is -0.594. The van der Waals surface area contributed by atoms with Gasteiger partial charge in [0, 0.05) is 35.7 Å². The van der Waals surface area contributed by atoms with Crippen molar-refractivity contribution in [2.24, 2.45) is 5.92 Å². The van der Waals surface area contributed by atoms with E-state index in [4.69, 9.17) is 16.3 Å². The lowest BCUT2D eigenvalue weighted by Crippen LogP contribution is -2.36. The van der Waals surface area contributed by atoms with Gasteiger partial charge in [0.2, 0.25) is 5.69 Å². The number of nitrogens with zero attached hydrogens (tertiary/aromatic N) is 1. The van der Waals surface area contributed by atoms with Crippen LogP contribution in [0.1, 0.15) is 45.7 Å². The highest BCUT2D eigenvalue weighted by atomic mass is 35.5. The smallest absolute Gasteiger partial charge is 0.300 e. The number of ether oxygens (including phenoxy) is 1. The molecule has 0 atom stereocenters. The molecular formula is C30H28ClF2N3O3. The zero-order valence-corrected chi connectivity index (χ0v) is 22.7. The van der Waals surface area contributed by atoms with Crippen molar-refractivity contribution in [1.29, 1.82) is 0 Å². The summed E-state index contributed by atoms with van der Waals surface area (Å²) in [6.45, 7) is 5.56. The Bertz CT molecular complexity index is 1570. The molecule has 1 heterocycles. The molecule has 2 N–H and O–H groups in total. The van der Waals surface area contributed by atoms with Crippen LogP contribution in [0.2, 0.25) is 5.02 Å². The fourth-order valence-corrected chi connectivity index (χ4v) is 5.25. The minimum atomic E-state index is -2.96. The molecule has 1 aromatic heterocycles. The molecule has 0 spiro atoms. The van der Waals surface area contributed by atoms with Crippen molar-refractivity contribution < 1.29 is 23.0 Å². The van der Waals surface area contributed by atoms with E-state index >= 15 is 0 Å². The molecule has 1 aliphatic carbocycles. The molecule has 1 amide bonds. The highest BCUT2D eigenvalue weighted by Gasteiger charge is 2.48. The number of aromatic nitrogens is 2. The Hall–Kier alpha value is -3.91. The Labute approximate surface area is 230 Å². The summed E-state index contributed by atoms with van der Waals surface area (Å²) < 4.78 is 35.3. The fourth-order valence-electron chi connectivity index (χ4n) is 5.01. The largest absolute Gasteiger partial charge is 0.710 e. The van der Waals surface area contributed by atoms with Gasteiger partial charge in [-0.05, 0) is 61.6 Å². The van der Waals surface area contributed by atoms with Crippen molar-refractivity contribution in [2.45, 2.75) is 39.5 Å². The second-order valence-electron chi connectivity index (χ2n) is 9.97. The molecule has 5 rings (SSSR count). The maximum Gasteiger partial charge on any atom is 0.300 e. The molecule has 1 fully saturated rings. The Kier molecular flexibility index (Phi) is 6.84. The molecule has 0 bridgehead atoms. The second kappa shape index (κ2) is 10.0. The average molecular weight is 552 g/mol. The standard InChI is InChI=1S/C30H28ClF2N3O3/c1-16-7-5-8-17(2)26(16)23-14-22(24(31)15-25(23)39-4)28-34-18(3)27(36(28)38)29(37)35-21-10-6-9-20(13-21)30(32,33)19-11-12-19/h5-10,13-15,19,34H,11-12H2,1-4H3,(H,35,37). The SMILES string of the molecule is COc1cc(Cl)c(-c2[nH]c(C)c(C(=O)Nc3cccc(C(F)(F)C4CC4)c3)[n+]2[O-])cc1-c1c(C)cccc1C. The van der Waals surface area contributed by atoms with Crippen LogP contribution in [0.25, 0.3) is 22.5 Å². The number of halogens is 3. The summed E-state index contributed by atoms with van der Waals surface area (Å²) in [6.07, 6.45) is 0.953. The number of rotatable bonds is 7. The van der Waals surface area contributed by atoms with Gasteiger partial charge in [-0.25, -0.2) is 18.5 Å². The third-order valence-electron chi connectivity index (χ3n) is 7.17. The number of alkyl halides is 2. The van der Waals surface area contributed by atoms with Crippen LogP contribution in [0.3, 0.4) is 0 Å².